The van der Waals surface area contributed by atoms with Gasteiger partial charge in [-0.15, -0.1) is 0 Å². The number of carbonyl (C=O) groups is 6. The average molecular weight is 866 g/mol. The molecule has 5 amide bonds. The first-order chi connectivity index (χ1) is 29.4. The maximum atomic E-state index is 15.0. The second-order valence-electron chi connectivity index (χ2n) is 15.8. The molecule has 2 unspecified atom stereocenters. The zero-order valence-corrected chi connectivity index (χ0v) is 34.6. The van der Waals surface area contributed by atoms with Gasteiger partial charge in [-0.05, 0) is 99.8 Å². The zero-order valence-electron chi connectivity index (χ0n) is 33.9. The van der Waals surface area contributed by atoms with Crippen LogP contribution in [-0.4, -0.2) is 68.5 Å². The molecule has 62 heavy (non-hydrogen) atoms. The first kappa shape index (κ1) is 43.2. The van der Waals surface area contributed by atoms with E-state index in [4.69, 9.17) is 16.3 Å². The van der Waals surface area contributed by atoms with Gasteiger partial charge >= 0.3 is 5.97 Å². The summed E-state index contributed by atoms with van der Waals surface area (Å²) < 4.78 is 49.1. The van der Waals surface area contributed by atoms with Gasteiger partial charge in [0.1, 0.15) is 17.8 Å². The zero-order chi connectivity index (χ0) is 44.6. The van der Waals surface area contributed by atoms with E-state index in [1.807, 2.05) is 0 Å². The summed E-state index contributed by atoms with van der Waals surface area (Å²) in [6.07, 6.45) is 0.282. The van der Waals surface area contributed by atoms with Crippen LogP contribution in [0.25, 0.3) is 10.9 Å². The number of hydrogen-bond donors (Lipinski definition) is 3. The van der Waals surface area contributed by atoms with Crippen molar-refractivity contribution in [3.8, 4) is 11.8 Å². The summed E-state index contributed by atoms with van der Waals surface area (Å²) in [6, 6.07) is 14.6. The highest BCUT2D eigenvalue weighted by atomic mass is 35.5. The predicted octanol–water partition coefficient (Wildman–Crippen LogP) is 6.87. The number of halogens is 4. The largest absolute Gasteiger partial charge is 0.461 e. The third-order valence-electron chi connectivity index (χ3n) is 10.3. The van der Waals surface area contributed by atoms with E-state index in [1.54, 1.807) is 58.0 Å². The summed E-state index contributed by atoms with van der Waals surface area (Å²) in [6.45, 7) is 6.08. The highest BCUT2D eigenvalue weighted by molar-refractivity contribution is 6.31. The molecule has 2 atom stereocenters. The van der Waals surface area contributed by atoms with Crippen LogP contribution in [0.2, 0.25) is 5.02 Å². The van der Waals surface area contributed by atoms with Crippen molar-refractivity contribution in [3.05, 3.63) is 140 Å². The average Bonchev–Trinajstić information content (AvgIpc) is 3.75. The molecular weight excluding hydrogens is 827 g/mol. The molecule has 0 radical (unpaired) electrons. The number of esters is 1. The Labute approximate surface area is 358 Å². The van der Waals surface area contributed by atoms with Crippen LogP contribution in [0, 0.1) is 29.3 Å². The van der Waals surface area contributed by atoms with Gasteiger partial charge in [0.05, 0.1) is 6.61 Å². The molecule has 5 aromatic rings. The molecule has 4 aromatic carbocycles. The molecule has 7 rings (SSSR count). The maximum Gasteiger partial charge on any atom is 0.355 e. The standard InChI is InChI=1S/C46H39ClF3N5O7/c1-5-62-45(61)39-37(30-15-14-28(47)21-34(30)51-39)40(42(58)53-46(2,3)4)55(22-25-19-32(48)38(50)33(49)20-25)43(59)27-10-6-8-24(18-27)12-13-26-9-7-11-29-31(26)23-54(44(29)60)35-16-17-36(56)52-41(35)57/h6-11,14-15,18-21,35,40,51H,5,16-17,22-23H2,1-4H3,(H,53,58)(H,52,56,57). The van der Waals surface area contributed by atoms with Crippen molar-refractivity contribution < 1.29 is 46.7 Å². The number of aromatic nitrogens is 1. The number of carbonyl (C=O) groups excluding carboxylic acids is 6. The number of imide groups is 1. The molecule has 2 aliphatic heterocycles. The van der Waals surface area contributed by atoms with Gasteiger partial charge in [0.2, 0.25) is 17.7 Å². The van der Waals surface area contributed by atoms with Gasteiger partial charge in [-0.1, -0.05) is 41.6 Å². The number of nitrogens with zero attached hydrogens (tertiary/aromatic N) is 2. The van der Waals surface area contributed by atoms with Gasteiger partial charge in [-0.2, -0.15) is 0 Å². The number of amides is 5. The summed E-state index contributed by atoms with van der Waals surface area (Å²) >= 11 is 6.32. The number of benzene rings is 4. The van der Waals surface area contributed by atoms with E-state index in [0.717, 1.165) is 4.90 Å². The molecule has 12 nitrogen and oxygen atoms in total. The molecule has 3 heterocycles. The second-order valence-corrected chi connectivity index (χ2v) is 16.3. The van der Waals surface area contributed by atoms with Gasteiger partial charge in [-0.3, -0.25) is 29.3 Å². The molecule has 0 bridgehead atoms. The SMILES string of the molecule is CCOC(=O)c1[nH]c2cc(Cl)ccc2c1C(C(=O)NC(C)(C)C)N(Cc1cc(F)c(F)c(F)c1)C(=O)c1cccc(C#Cc2cccc3c2CN(C2CCC(=O)NC2=O)C3=O)c1. The molecule has 318 valence electrons. The molecular formula is C46H39ClF3N5O7. The van der Waals surface area contributed by atoms with E-state index >= 15 is 4.79 Å². The predicted molar refractivity (Wildman–Crippen MR) is 221 cm³/mol. The quantitative estimate of drug-likeness (QED) is 0.0632. The van der Waals surface area contributed by atoms with E-state index in [-0.39, 0.29) is 54.3 Å². The lowest BCUT2D eigenvalue weighted by molar-refractivity contribution is -0.137. The first-order valence-corrected chi connectivity index (χ1v) is 19.9. The summed E-state index contributed by atoms with van der Waals surface area (Å²) in [5.74, 6) is -2.49. The van der Waals surface area contributed by atoms with E-state index in [1.165, 1.54) is 35.2 Å². The summed E-state index contributed by atoms with van der Waals surface area (Å²) in [5.41, 5.74) is 0.756. The number of nitrogens with one attached hydrogen (secondary N) is 3. The van der Waals surface area contributed by atoms with Crippen LogP contribution >= 0.6 is 11.6 Å². The van der Waals surface area contributed by atoms with Gasteiger partial charge < -0.3 is 24.8 Å². The normalized spacial score (nSPS) is 15.4. The Morgan fingerprint density at radius 1 is 0.984 bits per heavy atom. The number of ether oxygens (including phenoxy) is 1. The highest BCUT2D eigenvalue weighted by Crippen LogP contribution is 2.37. The molecule has 2 aliphatic rings. The van der Waals surface area contributed by atoms with E-state index < -0.39 is 71.2 Å². The van der Waals surface area contributed by atoms with Gasteiger partial charge in [0.25, 0.3) is 11.8 Å². The molecule has 0 saturated carbocycles. The van der Waals surface area contributed by atoms with Crippen LogP contribution in [0.3, 0.4) is 0 Å². The van der Waals surface area contributed by atoms with Gasteiger partial charge in [-0.25, -0.2) is 18.0 Å². The number of aromatic amines is 1. The minimum atomic E-state index is -1.73. The molecule has 0 aliphatic carbocycles. The molecule has 1 saturated heterocycles. The van der Waals surface area contributed by atoms with Crippen LogP contribution in [0.15, 0.2) is 72.8 Å². The first-order valence-electron chi connectivity index (χ1n) is 19.6. The van der Waals surface area contributed by atoms with E-state index in [9.17, 15) is 37.1 Å². The maximum absolute atomic E-state index is 15.0. The van der Waals surface area contributed by atoms with Crippen LogP contribution in [0.5, 0.6) is 0 Å². The topological polar surface area (TPSA) is 158 Å². The van der Waals surface area contributed by atoms with E-state index in [2.05, 4.69) is 27.5 Å². The molecule has 3 N–H and O–H groups in total. The van der Waals surface area contributed by atoms with Crippen LogP contribution < -0.4 is 10.6 Å². The summed E-state index contributed by atoms with van der Waals surface area (Å²) in [5, 5.41) is 5.75. The summed E-state index contributed by atoms with van der Waals surface area (Å²) in [4.78, 5) is 86.5. The second kappa shape index (κ2) is 17.2. The lowest BCUT2D eigenvalue weighted by Gasteiger charge is -2.34. The molecule has 16 heteroatoms. The van der Waals surface area contributed by atoms with Crippen molar-refractivity contribution in [1.82, 2.24) is 25.4 Å². The number of H-pyrrole nitrogens is 1. The van der Waals surface area contributed by atoms with Crippen molar-refractivity contribution >= 4 is 58.0 Å². The highest BCUT2D eigenvalue weighted by Gasteiger charge is 2.41. The Balaban J connectivity index is 1.32. The molecule has 1 fully saturated rings. The third kappa shape index (κ3) is 8.78. The molecule has 0 spiro atoms. The van der Waals surface area contributed by atoms with Gasteiger partial charge in [0, 0.05) is 68.8 Å². The van der Waals surface area contributed by atoms with Crippen LogP contribution in [-0.2, 0) is 32.2 Å². The number of piperidine rings is 1. The fourth-order valence-corrected chi connectivity index (χ4v) is 7.79. The van der Waals surface area contributed by atoms with Crippen molar-refractivity contribution in [3.63, 3.8) is 0 Å². The monoisotopic (exact) mass is 865 g/mol. The fourth-order valence-electron chi connectivity index (χ4n) is 7.62. The van der Waals surface area contributed by atoms with Crippen molar-refractivity contribution in [2.45, 2.75) is 71.2 Å². The van der Waals surface area contributed by atoms with Crippen molar-refractivity contribution in [1.29, 1.82) is 0 Å². The number of fused-ring (bicyclic) bond motifs is 2. The van der Waals surface area contributed by atoms with Crippen molar-refractivity contribution in [2.24, 2.45) is 0 Å². The number of rotatable bonds is 9. The van der Waals surface area contributed by atoms with Crippen molar-refractivity contribution in [2.75, 3.05) is 6.61 Å². The lowest BCUT2D eigenvalue weighted by atomic mass is 9.96. The Hall–Kier alpha value is -6.92. The summed E-state index contributed by atoms with van der Waals surface area (Å²) in [7, 11) is 0. The van der Waals surface area contributed by atoms with E-state index in [0.29, 0.717) is 50.3 Å². The lowest BCUT2D eigenvalue weighted by Crippen LogP contribution is -2.52. The minimum absolute atomic E-state index is 0.00282. The third-order valence-corrected chi connectivity index (χ3v) is 10.5. The Bertz CT molecular complexity index is 2750. The Kier molecular flexibility index (Phi) is 12.0. The fraction of sp³-hybridized carbons (Fsp3) is 0.261. The molecule has 1 aromatic heterocycles. The minimum Gasteiger partial charge on any atom is -0.461 e. The smallest absolute Gasteiger partial charge is 0.355 e. The van der Waals surface area contributed by atoms with Crippen LogP contribution in [0.4, 0.5) is 13.2 Å². The van der Waals surface area contributed by atoms with Gasteiger partial charge in [0.15, 0.2) is 17.5 Å². The van der Waals surface area contributed by atoms with Crippen LogP contribution in [0.1, 0.15) is 106 Å². The Morgan fingerprint density at radius 3 is 2.40 bits per heavy atom. The Morgan fingerprint density at radius 2 is 1.71 bits per heavy atom. The number of hydrogen-bond acceptors (Lipinski definition) is 7.